The summed E-state index contributed by atoms with van der Waals surface area (Å²) in [6.45, 7) is -0.334. The van der Waals surface area contributed by atoms with Crippen LogP contribution in [0.3, 0.4) is 0 Å². The molecule has 0 bridgehead atoms. The molecular weight excluding hydrogens is 588 g/mol. The van der Waals surface area contributed by atoms with Gasteiger partial charge < -0.3 is 14.6 Å². The molecule has 0 aliphatic rings. The number of fused-ring (bicyclic) bond motifs is 2. The van der Waals surface area contributed by atoms with Crippen LogP contribution in [0.1, 0.15) is 5.56 Å². The normalized spacial score (nSPS) is 12.4. The number of carboxylic acid groups (broad SMARTS) is 1. The number of aromatic nitrogens is 3. The first-order chi connectivity index (χ1) is 21.2. The fourth-order valence-corrected chi connectivity index (χ4v) is 6.23. The quantitative estimate of drug-likeness (QED) is 0.135. The minimum Gasteiger partial charge on any atom is -0.465 e. The summed E-state index contributed by atoms with van der Waals surface area (Å²) in [4.78, 5) is 30.8. The van der Waals surface area contributed by atoms with E-state index in [0.29, 0.717) is 11.3 Å². The number of hydrogen-bond donors (Lipinski definition) is 3. The van der Waals surface area contributed by atoms with Gasteiger partial charge >= 0.3 is 6.09 Å². The maximum atomic E-state index is 13.4. The van der Waals surface area contributed by atoms with Crippen molar-refractivity contribution >= 4 is 49.4 Å². The maximum Gasteiger partial charge on any atom is 0.414 e. The number of pyridine rings is 1. The first-order valence-corrected chi connectivity index (χ1v) is 14.8. The number of carbonyl (C=O) groups is 1. The zero-order valence-corrected chi connectivity index (χ0v) is 23.6. The largest absolute Gasteiger partial charge is 0.465 e. The van der Waals surface area contributed by atoms with Gasteiger partial charge in [0.2, 0.25) is 15.9 Å². The molecule has 3 aromatic heterocycles. The first kappa shape index (κ1) is 28.5. The number of hydrogen-bond acceptors (Lipinski definition) is 8. The van der Waals surface area contributed by atoms with Gasteiger partial charge in [-0.15, -0.1) is 0 Å². The topological polar surface area (TPSA) is 185 Å². The lowest BCUT2D eigenvalue weighted by Crippen LogP contribution is -2.46. The summed E-state index contributed by atoms with van der Waals surface area (Å²) in [7, 11) is -4.22. The lowest BCUT2D eigenvalue weighted by atomic mass is 10.1. The molecule has 0 saturated heterocycles. The highest BCUT2D eigenvalue weighted by atomic mass is 32.2. The van der Waals surface area contributed by atoms with Crippen LogP contribution in [0.4, 0.5) is 16.4 Å². The van der Waals surface area contributed by atoms with E-state index >= 15 is 0 Å². The smallest absolute Gasteiger partial charge is 0.414 e. The van der Waals surface area contributed by atoms with E-state index in [0.717, 1.165) is 56.4 Å². The average Bonchev–Trinajstić information content (AvgIpc) is 3.67. The average molecular weight is 613 g/mol. The zero-order valence-electron chi connectivity index (χ0n) is 22.8. The number of nitro benzene ring substituents is 1. The maximum absolute atomic E-state index is 13.4. The van der Waals surface area contributed by atoms with Crippen LogP contribution in [0.15, 0.2) is 107 Å². The Hall–Kier alpha value is -5.60. The highest BCUT2D eigenvalue weighted by Crippen LogP contribution is 2.28. The number of aromatic amines is 1. The van der Waals surface area contributed by atoms with Crippen molar-refractivity contribution in [2.45, 2.75) is 17.4 Å². The van der Waals surface area contributed by atoms with E-state index in [1.165, 1.54) is 6.07 Å². The number of anilines is 1. The second-order valence-electron chi connectivity index (χ2n) is 10.0. The van der Waals surface area contributed by atoms with Crippen molar-refractivity contribution in [2.24, 2.45) is 0 Å². The van der Waals surface area contributed by atoms with Crippen LogP contribution in [-0.2, 0) is 16.4 Å². The van der Waals surface area contributed by atoms with E-state index in [4.69, 9.17) is 4.52 Å². The molecule has 13 nitrogen and oxygen atoms in total. The zero-order chi connectivity index (χ0) is 30.8. The molecule has 3 aromatic carbocycles. The van der Waals surface area contributed by atoms with Gasteiger partial charge in [0.05, 0.1) is 9.82 Å². The van der Waals surface area contributed by atoms with Gasteiger partial charge in [0.1, 0.15) is 5.69 Å². The van der Waals surface area contributed by atoms with E-state index in [1.807, 2.05) is 48.5 Å². The second-order valence-corrected chi connectivity index (χ2v) is 11.7. The van der Waals surface area contributed by atoms with Crippen LogP contribution in [0.5, 0.6) is 0 Å². The number of benzene rings is 3. The molecule has 3 heterocycles. The summed E-state index contributed by atoms with van der Waals surface area (Å²) >= 11 is 0. The number of nitro groups is 1. The number of amides is 1. The van der Waals surface area contributed by atoms with Crippen molar-refractivity contribution in [3.05, 3.63) is 113 Å². The number of nitrogens with one attached hydrogen (secondary N) is 2. The van der Waals surface area contributed by atoms with Crippen molar-refractivity contribution < 1.29 is 27.8 Å². The molecule has 1 amide bonds. The van der Waals surface area contributed by atoms with Crippen LogP contribution in [0.2, 0.25) is 0 Å². The molecule has 14 heteroatoms. The Morgan fingerprint density at radius 1 is 1.07 bits per heavy atom. The van der Waals surface area contributed by atoms with E-state index in [2.05, 4.69) is 19.8 Å². The Balaban J connectivity index is 1.32. The third-order valence-corrected chi connectivity index (χ3v) is 8.69. The molecule has 0 aliphatic carbocycles. The highest BCUT2D eigenvalue weighted by molar-refractivity contribution is 7.89. The lowest BCUT2D eigenvalue weighted by Gasteiger charge is -2.24. The molecule has 44 heavy (non-hydrogen) atoms. The molecule has 222 valence electrons. The Labute approximate surface area is 249 Å². The Bertz CT molecular complexity index is 2110. The first-order valence-electron chi connectivity index (χ1n) is 13.3. The van der Waals surface area contributed by atoms with Gasteiger partial charge in [-0.3, -0.25) is 15.1 Å². The molecule has 0 aliphatic heterocycles. The van der Waals surface area contributed by atoms with Crippen molar-refractivity contribution in [3.63, 3.8) is 0 Å². The molecule has 1 atom stereocenters. The van der Waals surface area contributed by atoms with Gasteiger partial charge in [0.15, 0.2) is 0 Å². The molecule has 6 aromatic rings. The second kappa shape index (κ2) is 11.6. The Morgan fingerprint density at radius 3 is 2.64 bits per heavy atom. The molecule has 0 saturated carbocycles. The van der Waals surface area contributed by atoms with Crippen molar-refractivity contribution in [2.75, 3.05) is 11.4 Å². The van der Waals surface area contributed by atoms with Gasteiger partial charge in [0.25, 0.3) is 5.69 Å². The Kier molecular flexibility index (Phi) is 7.51. The third-order valence-electron chi connectivity index (χ3n) is 7.15. The van der Waals surface area contributed by atoms with Gasteiger partial charge in [-0.2, -0.15) is 0 Å². The van der Waals surface area contributed by atoms with E-state index in [9.17, 15) is 28.4 Å². The fraction of sp³-hybridized carbons (Fsp3) is 0.100. The fourth-order valence-electron chi connectivity index (χ4n) is 5.00. The summed E-state index contributed by atoms with van der Waals surface area (Å²) < 4.78 is 34.8. The number of para-hydroxylation sites is 1. The monoisotopic (exact) mass is 612 g/mol. The van der Waals surface area contributed by atoms with Gasteiger partial charge in [-0.05, 0) is 47.7 Å². The molecular formula is C30H24N6O7S. The predicted octanol–water partition coefficient (Wildman–Crippen LogP) is 5.35. The highest BCUT2D eigenvalue weighted by Gasteiger charge is 2.29. The van der Waals surface area contributed by atoms with Crippen LogP contribution < -0.4 is 9.62 Å². The van der Waals surface area contributed by atoms with Crippen LogP contribution in [0.25, 0.3) is 32.9 Å². The molecule has 0 radical (unpaired) electrons. The minimum absolute atomic E-state index is 0.0965. The van der Waals surface area contributed by atoms with Crippen molar-refractivity contribution in [1.29, 1.82) is 0 Å². The summed E-state index contributed by atoms with van der Waals surface area (Å²) in [6.07, 6.45) is 3.86. The Morgan fingerprint density at radius 2 is 1.86 bits per heavy atom. The van der Waals surface area contributed by atoms with Crippen molar-refractivity contribution in [1.82, 2.24) is 19.8 Å². The van der Waals surface area contributed by atoms with Gasteiger partial charge in [-0.1, -0.05) is 35.5 Å². The number of H-pyrrole nitrogens is 1. The summed E-state index contributed by atoms with van der Waals surface area (Å²) in [5.74, 6) is -0.0965. The molecule has 3 N–H and O–H groups in total. The number of nitrogens with zero attached hydrogens (tertiary/aromatic N) is 4. The minimum atomic E-state index is -4.22. The summed E-state index contributed by atoms with van der Waals surface area (Å²) in [6, 6.07) is 19.8. The number of sulfonamides is 1. The molecule has 0 unspecified atom stereocenters. The van der Waals surface area contributed by atoms with E-state index in [1.54, 1.807) is 18.6 Å². The van der Waals surface area contributed by atoms with Crippen LogP contribution in [-0.4, -0.2) is 52.3 Å². The predicted molar refractivity (Wildman–Crippen MR) is 162 cm³/mol. The molecule has 0 spiro atoms. The summed E-state index contributed by atoms with van der Waals surface area (Å²) in [5.41, 5.74) is 2.41. The van der Waals surface area contributed by atoms with Crippen molar-refractivity contribution in [3.8, 4) is 11.3 Å². The SMILES string of the molecule is O=C(O)N(C[C@@H](Cc1c[nH]c2ccccc12)NS(=O)(=O)c1ccc([N+](=O)[O-])cc1)c1cc(-c2ccc3cnccc3c2)no1. The summed E-state index contributed by atoms with van der Waals surface area (Å²) in [5, 5.41) is 28.0. The van der Waals surface area contributed by atoms with E-state index in [-0.39, 0.29) is 29.4 Å². The lowest BCUT2D eigenvalue weighted by molar-refractivity contribution is -0.384. The molecule has 6 rings (SSSR count). The molecule has 0 fully saturated rings. The van der Waals surface area contributed by atoms with E-state index < -0.39 is 27.1 Å². The number of rotatable bonds is 10. The van der Waals surface area contributed by atoms with Gasteiger partial charge in [-0.25, -0.2) is 22.8 Å². The van der Waals surface area contributed by atoms with Crippen LogP contribution >= 0.6 is 0 Å². The number of non-ortho nitro benzene ring substituents is 1. The van der Waals surface area contributed by atoms with Gasteiger partial charge in [0, 0.05) is 71.2 Å². The standard InChI is InChI=1S/C30H24N6O7S/c37-30(38)35(29-15-28(33-43-29)20-5-6-21-16-31-12-11-19(21)13-20)18-23(14-22-17-32-27-4-2-1-3-26(22)27)34-44(41,42)25-9-7-24(8-10-25)36(39)40/h1-13,15-17,23,32,34H,14,18H2,(H,37,38)/t23-/m1/s1. The third kappa shape index (κ3) is 5.84. The van der Waals surface area contributed by atoms with Crippen LogP contribution in [0, 0.1) is 10.1 Å².